The van der Waals surface area contributed by atoms with Crippen LogP contribution in [0.15, 0.2) is 22.3 Å². The summed E-state index contributed by atoms with van der Waals surface area (Å²) < 4.78 is 3.12. The van der Waals surface area contributed by atoms with Crippen molar-refractivity contribution in [3.05, 3.63) is 22.3 Å². The topological polar surface area (TPSA) is 3.24 Å². The van der Waals surface area contributed by atoms with Crippen LogP contribution in [0.25, 0.3) is 0 Å². The van der Waals surface area contributed by atoms with Gasteiger partial charge >= 0.3 is 55.3 Å². The predicted molar refractivity (Wildman–Crippen MR) is 90.6 cm³/mol. The molecule has 0 N–H and O–H groups in total. The van der Waals surface area contributed by atoms with E-state index in [1.807, 2.05) is 6.92 Å². The van der Waals surface area contributed by atoms with Crippen molar-refractivity contribution in [2.75, 3.05) is 18.8 Å². The molecule has 20 heavy (non-hydrogen) atoms. The molecule has 0 spiro atoms. The summed E-state index contributed by atoms with van der Waals surface area (Å²) in [5.41, 5.74) is 6.11. The molecule has 0 aliphatic heterocycles. The fraction of sp³-hybridized carbons (Fsp3) is 0.706. The van der Waals surface area contributed by atoms with Crippen molar-refractivity contribution in [3.63, 3.8) is 0 Å². The van der Waals surface area contributed by atoms with E-state index in [1.165, 1.54) is 30.3 Å². The van der Waals surface area contributed by atoms with Crippen molar-refractivity contribution >= 4 is 12.6 Å². The Balaban J connectivity index is 0. The second-order valence-corrected chi connectivity index (χ2v) is 6.12. The van der Waals surface area contributed by atoms with Crippen LogP contribution in [-0.2, 0) is 31.8 Å². The Hall–Kier alpha value is 0.258. The molecule has 1 aliphatic rings. The minimum absolute atomic E-state index is 0.694. The van der Waals surface area contributed by atoms with Gasteiger partial charge in [0.25, 0.3) is 0 Å². The van der Waals surface area contributed by atoms with Gasteiger partial charge in [-0.2, -0.15) is 5.75 Å². The normalized spacial score (nSPS) is 14.7. The van der Waals surface area contributed by atoms with E-state index in [2.05, 4.69) is 70.3 Å². The van der Waals surface area contributed by atoms with Crippen LogP contribution in [0.3, 0.4) is 0 Å². The molecule has 1 nitrogen and oxygen atoms in total. The van der Waals surface area contributed by atoms with E-state index >= 15 is 0 Å². The molecule has 1 rings (SSSR count). The fourth-order valence-corrected chi connectivity index (χ4v) is 2.85. The third kappa shape index (κ3) is 7.89. The summed E-state index contributed by atoms with van der Waals surface area (Å²) in [6, 6.07) is 0. The Morgan fingerprint density at radius 2 is 1.30 bits per heavy atom. The molecule has 0 unspecified atom stereocenters. The standard InChI is InChI=1S/C10H16.C5H10N.C2H6S.W/c1-6-7(2)9(4)10(5)8(6)3;1-4-6(3)5-2;1-2-3;/h6H,1-5H3;4-5H2,1-2H3;3H,2H2,1H3;/q;;;+1/p-1. The fourth-order valence-electron chi connectivity index (χ4n) is 1.92. The Morgan fingerprint density at radius 1 is 1.00 bits per heavy atom. The quantitative estimate of drug-likeness (QED) is 0.432. The first-order valence-corrected chi connectivity index (χ1v) is 9.42. The van der Waals surface area contributed by atoms with Crippen molar-refractivity contribution in [1.82, 2.24) is 4.90 Å². The molecule has 0 saturated heterocycles. The van der Waals surface area contributed by atoms with E-state index in [0.29, 0.717) is 5.92 Å². The van der Waals surface area contributed by atoms with E-state index in [-0.39, 0.29) is 0 Å². The van der Waals surface area contributed by atoms with Gasteiger partial charge in [-0.1, -0.05) is 25.0 Å². The first-order valence-electron chi connectivity index (χ1n) is 7.37. The van der Waals surface area contributed by atoms with Crippen LogP contribution in [0, 0.1) is 10.2 Å². The van der Waals surface area contributed by atoms with Gasteiger partial charge < -0.3 is 12.6 Å². The van der Waals surface area contributed by atoms with Crippen LogP contribution in [0.1, 0.15) is 55.4 Å². The molecule has 0 atom stereocenters. The third-order valence-electron chi connectivity index (χ3n) is 3.94. The van der Waals surface area contributed by atoms with Gasteiger partial charge in [0.2, 0.25) is 0 Å². The summed E-state index contributed by atoms with van der Waals surface area (Å²) in [6.45, 7) is 19.6. The molecular formula is C17H31NSW. The van der Waals surface area contributed by atoms with Crippen LogP contribution in [0.5, 0.6) is 0 Å². The van der Waals surface area contributed by atoms with Gasteiger partial charge in [-0.15, -0.1) is 0 Å². The zero-order chi connectivity index (χ0) is 16.3. The summed E-state index contributed by atoms with van der Waals surface area (Å²) in [7, 11) is 0. The maximum absolute atomic E-state index is 4.39. The van der Waals surface area contributed by atoms with Gasteiger partial charge in [-0.25, -0.2) is 0 Å². The Labute approximate surface area is 143 Å². The maximum atomic E-state index is 4.39. The van der Waals surface area contributed by atoms with Gasteiger partial charge in [-0.3, -0.25) is 0 Å². The van der Waals surface area contributed by atoms with Crippen LogP contribution < -0.4 is 0 Å². The van der Waals surface area contributed by atoms with E-state index in [9.17, 15) is 0 Å². The number of allylic oxidation sites excluding steroid dienone is 4. The summed E-state index contributed by atoms with van der Waals surface area (Å²) in [5, 5.41) is 0. The zero-order valence-electron chi connectivity index (χ0n) is 14.5. The Bertz CT molecular complexity index is 349. The molecule has 0 bridgehead atoms. The Morgan fingerprint density at radius 3 is 1.35 bits per heavy atom. The van der Waals surface area contributed by atoms with Gasteiger partial charge in [0.05, 0.1) is 0 Å². The summed E-state index contributed by atoms with van der Waals surface area (Å²) in [6.07, 6.45) is 0. The number of hydrogen-bond donors (Lipinski definition) is 0. The van der Waals surface area contributed by atoms with Gasteiger partial charge in [0.15, 0.2) is 0 Å². The van der Waals surface area contributed by atoms with Crippen LogP contribution >= 0.6 is 0 Å². The molecular weight excluding hydrogens is 434 g/mol. The van der Waals surface area contributed by atoms with Crippen LogP contribution in [-0.4, -0.2) is 23.7 Å². The smallest absolute Gasteiger partial charge is 0.0874 e. The van der Waals surface area contributed by atoms with Crippen molar-refractivity contribution < 1.29 is 19.2 Å². The molecule has 3 heteroatoms. The molecule has 0 saturated carbocycles. The molecule has 0 fully saturated rings. The summed E-state index contributed by atoms with van der Waals surface area (Å²) in [4.78, 5) is 2.16. The number of hydrogen-bond acceptors (Lipinski definition) is 2. The minimum atomic E-state index is 0.694. The maximum Gasteiger partial charge on any atom is -0.0874 e. The number of nitrogens with zero attached hydrogens (tertiary/aromatic N) is 1. The first-order chi connectivity index (χ1) is 9.31. The van der Waals surface area contributed by atoms with Crippen molar-refractivity contribution in [2.45, 2.75) is 55.4 Å². The van der Waals surface area contributed by atoms with Crippen molar-refractivity contribution in [1.29, 1.82) is 0 Å². The van der Waals surface area contributed by atoms with Crippen LogP contribution in [0.4, 0.5) is 0 Å². The van der Waals surface area contributed by atoms with E-state index in [4.69, 9.17) is 0 Å². The number of rotatable bonds is 2. The molecule has 0 amide bonds. The minimum Gasteiger partial charge on any atom is -0.793 e. The molecule has 116 valence electrons. The van der Waals surface area contributed by atoms with E-state index in [0.717, 1.165) is 18.8 Å². The zero-order valence-corrected chi connectivity index (χ0v) is 18.2. The summed E-state index contributed by atoms with van der Waals surface area (Å²) in [5.74, 6) is 1.53. The predicted octanol–water partition coefficient (Wildman–Crippen LogP) is 4.65. The molecule has 0 aromatic rings. The first kappa shape index (κ1) is 22.5. The molecule has 0 aromatic heterocycles. The molecule has 0 aromatic carbocycles. The average molecular weight is 465 g/mol. The van der Waals surface area contributed by atoms with Gasteiger partial charge in [0.1, 0.15) is 0 Å². The second-order valence-electron chi connectivity index (χ2n) is 4.89. The Kier molecular flexibility index (Phi) is 14.6. The second kappa shape index (κ2) is 13.0. The van der Waals surface area contributed by atoms with Gasteiger partial charge in [-0.05, 0) is 44.8 Å². The average Bonchev–Trinajstić information content (AvgIpc) is 2.61. The summed E-state index contributed by atoms with van der Waals surface area (Å²) >= 11 is 5.81. The van der Waals surface area contributed by atoms with Gasteiger partial charge in [0, 0.05) is 0 Å². The monoisotopic (exact) mass is 465 g/mol. The van der Waals surface area contributed by atoms with Crippen molar-refractivity contribution in [2.24, 2.45) is 5.92 Å². The van der Waals surface area contributed by atoms with E-state index in [1.54, 1.807) is 11.1 Å². The van der Waals surface area contributed by atoms with E-state index < -0.39 is 0 Å². The largest absolute Gasteiger partial charge is 0.793 e. The van der Waals surface area contributed by atoms with Crippen molar-refractivity contribution in [3.8, 4) is 4.33 Å². The SMILES string of the molecule is CC1=C(C)C(C)C(C)=C1C.CCN([C]#[W+])CC.CC[S-]. The third-order valence-corrected chi connectivity index (χ3v) is 4.86. The molecule has 1 aliphatic carbocycles. The van der Waals surface area contributed by atoms with Crippen LogP contribution in [0.2, 0.25) is 0 Å². The molecule has 0 heterocycles. The molecule has 0 radical (unpaired) electrons.